The average Bonchev–Trinajstić information content (AvgIpc) is 2.91. The normalized spacial score (nSPS) is 12.2. The monoisotopic (exact) mass is 264 g/mol. The zero-order chi connectivity index (χ0) is 13.8. The summed E-state index contributed by atoms with van der Waals surface area (Å²) < 4.78 is 1.50. The fourth-order valence-electron chi connectivity index (χ4n) is 1.56. The molecule has 0 saturated heterocycles. The number of likely N-dealkylation sites (N-methyl/N-ethyl adjacent to an activating group) is 1. The quantitative estimate of drug-likeness (QED) is 0.472. The highest BCUT2D eigenvalue weighted by molar-refractivity contribution is 5.38. The highest BCUT2D eigenvalue weighted by atomic mass is 16.3. The van der Waals surface area contributed by atoms with Crippen LogP contribution in [0, 0.1) is 0 Å². The Morgan fingerprint density at radius 1 is 1.47 bits per heavy atom. The number of hydrogen-bond acceptors (Lipinski definition) is 8. The summed E-state index contributed by atoms with van der Waals surface area (Å²) in [6.45, 7) is 2.08. The summed E-state index contributed by atoms with van der Waals surface area (Å²) in [7, 11) is 1.77. The number of hydrogen-bond donors (Lipinski definition) is 3. The zero-order valence-corrected chi connectivity index (χ0v) is 10.7. The van der Waals surface area contributed by atoms with Gasteiger partial charge in [0.1, 0.15) is 0 Å². The van der Waals surface area contributed by atoms with Crippen LogP contribution in [0.4, 0.5) is 11.9 Å². The first kappa shape index (κ1) is 13.2. The van der Waals surface area contributed by atoms with Crippen LogP contribution in [0.15, 0.2) is 18.5 Å². The number of nitrogens with two attached hydrogens (primary N) is 1. The summed E-state index contributed by atoms with van der Waals surface area (Å²) in [6, 6.07) is 1.76. The Labute approximate surface area is 110 Å². The van der Waals surface area contributed by atoms with Crippen LogP contribution in [-0.2, 0) is 0 Å². The van der Waals surface area contributed by atoms with Crippen LogP contribution >= 0.6 is 0 Å². The van der Waals surface area contributed by atoms with E-state index in [1.54, 1.807) is 37.3 Å². The van der Waals surface area contributed by atoms with Crippen LogP contribution < -0.4 is 16.2 Å². The molecule has 0 aliphatic rings. The second-order valence-corrected chi connectivity index (χ2v) is 4.08. The van der Waals surface area contributed by atoms with E-state index in [2.05, 4.69) is 25.5 Å². The third-order valence-electron chi connectivity index (χ3n) is 2.33. The van der Waals surface area contributed by atoms with Gasteiger partial charge in [-0.05, 0) is 13.0 Å². The molecule has 9 nitrogen and oxygen atoms in total. The van der Waals surface area contributed by atoms with E-state index in [0.29, 0.717) is 18.4 Å². The lowest BCUT2D eigenvalue weighted by molar-refractivity contribution is 0.201. The topological polar surface area (TPSA) is 118 Å². The molecule has 102 valence electrons. The standard InChI is InChI=1S/C10H16N8O/c1-7(19)6-17(2)9-13-8(16-11)14-10(15-9)18-5-3-4-12-18/h3-5,7,19H,6,11H2,1-2H3,(H,13,14,15,16). The summed E-state index contributed by atoms with van der Waals surface area (Å²) >= 11 is 0. The first-order valence-corrected chi connectivity index (χ1v) is 5.72. The van der Waals surface area contributed by atoms with Gasteiger partial charge in [0.25, 0.3) is 5.95 Å². The lowest BCUT2D eigenvalue weighted by Gasteiger charge is -2.19. The summed E-state index contributed by atoms with van der Waals surface area (Å²) in [4.78, 5) is 14.2. The largest absolute Gasteiger partial charge is 0.392 e. The van der Waals surface area contributed by atoms with Gasteiger partial charge in [-0.15, -0.1) is 0 Å². The van der Waals surface area contributed by atoms with Crippen molar-refractivity contribution >= 4 is 11.9 Å². The molecule has 1 unspecified atom stereocenters. The first-order valence-electron chi connectivity index (χ1n) is 5.72. The molecule has 2 aromatic heterocycles. The van der Waals surface area contributed by atoms with Crippen molar-refractivity contribution in [3.8, 4) is 5.95 Å². The van der Waals surface area contributed by atoms with Gasteiger partial charge in [-0.1, -0.05) is 0 Å². The molecule has 0 bridgehead atoms. The molecule has 0 radical (unpaired) electrons. The highest BCUT2D eigenvalue weighted by Crippen LogP contribution is 2.11. The molecule has 4 N–H and O–H groups in total. The number of nitrogen functional groups attached to an aromatic ring is 1. The second kappa shape index (κ2) is 5.59. The van der Waals surface area contributed by atoms with Crippen LogP contribution in [-0.4, -0.2) is 49.5 Å². The molecule has 0 saturated carbocycles. The number of aromatic nitrogens is 5. The molecule has 0 spiro atoms. The molecule has 0 aliphatic heterocycles. The lowest BCUT2D eigenvalue weighted by Crippen LogP contribution is -2.29. The SMILES string of the molecule is CC(O)CN(C)c1nc(NN)nc(-n2cccn2)n1. The van der Waals surface area contributed by atoms with Gasteiger partial charge in [-0.25, -0.2) is 10.5 Å². The molecule has 1 atom stereocenters. The van der Waals surface area contributed by atoms with Crippen molar-refractivity contribution in [2.75, 3.05) is 23.9 Å². The molecule has 0 fully saturated rings. The van der Waals surface area contributed by atoms with Gasteiger partial charge in [0.2, 0.25) is 11.9 Å². The van der Waals surface area contributed by atoms with Gasteiger partial charge in [0, 0.05) is 26.0 Å². The fraction of sp³-hybridized carbons (Fsp3) is 0.400. The molecule has 0 aromatic carbocycles. The van der Waals surface area contributed by atoms with Gasteiger partial charge in [0.15, 0.2) is 0 Å². The molecule has 0 aliphatic carbocycles. The van der Waals surface area contributed by atoms with Crippen LogP contribution in [0.5, 0.6) is 0 Å². The summed E-state index contributed by atoms with van der Waals surface area (Å²) in [6.07, 6.45) is 2.84. The number of aliphatic hydroxyl groups is 1. The van der Waals surface area contributed by atoms with Crippen molar-refractivity contribution in [1.82, 2.24) is 24.7 Å². The predicted octanol–water partition coefficient (Wildman–Crippen LogP) is -0.840. The van der Waals surface area contributed by atoms with Gasteiger partial charge in [0.05, 0.1) is 6.10 Å². The van der Waals surface area contributed by atoms with E-state index < -0.39 is 6.10 Å². The Balaban J connectivity index is 2.36. The number of rotatable bonds is 5. The van der Waals surface area contributed by atoms with Gasteiger partial charge >= 0.3 is 0 Å². The van der Waals surface area contributed by atoms with Crippen molar-refractivity contribution in [1.29, 1.82) is 0 Å². The molecule has 2 rings (SSSR count). The van der Waals surface area contributed by atoms with Crippen molar-refractivity contribution in [3.05, 3.63) is 18.5 Å². The third kappa shape index (κ3) is 3.14. The molecule has 0 amide bonds. The van der Waals surface area contributed by atoms with Gasteiger partial charge in [-0.2, -0.15) is 20.1 Å². The predicted molar refractivity (Wildman–Crippen MR) is 69.7 cm³/mol. The average molecular weight is 264 g/mol. The number of hydrazine groups is 1. The Morgan fingerprint density at radius 3 is 2.84 bits per heavy atom. The third-order valence-corrected chi connectivity index (χ3v) is 2.33. The molecular weight excluding hydrogens is 248 g/mol. The van der Waals surface area contributed by atoms with E-state index in [1.807, 2.05) is 0 Å². The van der Waals surface area contributed by atoms with E-state index in [9.17, 15) is 5.11 Å². The zero-order valence-electron chi connectivity index (χ0n) is 10.7. The van der Waals surface area contributed by atoms with E-state index in [0.717, 1.165) is 0 Å². The summed E-state index contributed by atoms with van der Waals surface area (Å²) in [5, 5.41) is 13.4. The van der Waals surface area contributed by atoms with Crippen LogP contribution in [0.3, 0.4) is 0 Å². The van der Waals surface area contributed by atoms with Crippen molar-refractivity contribution < 1.29 is 5.11 Å². The first-order chi connectivity index (χ1) is 9.10. The lowest BCUT2D eigenvalue weighted by atomic mass is 10.4. The summed E-state index contributed by atoms with van der Waals surface area (Å²) in [5.41, 5.74) is 2.39. The number of anilines is 2. The Kier molecular flexibility index (Phi) is 3.88. The minimum Gasteiger partial charge on any atom is -0.392 e. The number of nitrogens with one attached hydrogen (secondary N) is 1. The number of aliphatic hydroxyl groups excluding tert-OH is 1. The molecule has 19 heavy (non-hydrogen) atoms. The number of nitrogens with zero attached hydrogens (tertiary/aromatic N) is 6. The van der Waals surface area contributed by atoms with Crippen LogP contribution in [0.2, 0.25) is 0 Å². The fourth-order valence-corrected chi connectivity index (χ4v) is 1.56. The Bertz CT molecular complexity index is 526. The van der Waals surface area contributed by atoms with E-state index in [4.69, 9.17) is 5.84 Å². The molecular formula is C10H16N8O. The Morgan fingerprint density at radius 2 is 2.26 bits per heavy atom. The summed E-state index contributed by atoms with van der Waals surface area (Å²) in [5.74, 6) is 6.32. The molecule has 9 heteroatoms. The maximum absolute atomic E-state index is 9.39. The Hall–Kier alpha value is -2.26. The van der Waals surface area contributed by atoms with Crippen molar-refractivity contribution in [2.24, 2.45) is 5.84 Å². The van der Waals surface area contributed by atoms with Crippen LogP contribution in [0.1, 0.15) is 6.92 Å². The van der Waals surface area contributed by atoms with E-state index >= 15 is 0 Å². The molecule has 2 heterocycles. The van der Waals surface area contributed by atoms with Gasteiger partial charge < -0.3 is 10.0 Å². The smallest absolute Gasteiger partial charge is 0.257 e. The minimum absolute atomic E-state index is 0.230. The van der Waals surface area contributed by atoms with E-state index in [1.165, 1.54) is 4.68 Å². The van der Waals surface area contributed by atoms with Crippen LogP contribution in [0.25, 0.3) is 5.95 Å². The maximum Gasteiger partial charge on any atom is 0.257 e. The van der Waals surface area contributed by atoms with E-state index in [-0.39, 0.29) is 5.95 Å². The highest BCUT2D eigenvalue weighted by Gasteiger charge is 2.12. The molecule has 2 aromatic rings. The second-order valence-electron chi connectivity index (χ2n) is 4.08. The van der Waals surface area contributed by atoms with Crippen molar-refractivity contribution in [3.63, 3.8) is 0 Å². The van der Waals surface area contributed by atoms with Crippen molar-refractivity contribution in [2.45, 2.75) is 13.0 Å². The van der Waals surface area contributed by atoms with Gasteiger partial charge in [-0.3, -0.25) is 5.43 Å². The maximum atomic E-state index is 9.39. The minimum atomic E-state index is -0.496.